The minimum Gasteiger partial charge on any atom is -0.465 e. The van der Waals surface area contributed by atoms with Crippen molar-refractivity contribution in [2.45, 2.75) is 70.4 Å². The van der Waals surface area contributed by atoms with Gasteiger partial charge >= 0.3 is 0 Å². The second-order valence-corrected chi connectivity index (χ2v) is 12.6. The monoisotopic (exact) mass is 622 g/mol. The Kier molecular flexibility index (Phi) is 8.72. The van der Waals surface area contributed by atoms with Crippen LogP contribution in [0.1, 0.15) is 74.6 Å². The first-order valence-electron chi connectivity index (χ1n) is 17.0. The second-order valence-electron chi connectivity index (χ2n) is 12.6. The topological polar surface area (TPSA) is 58.9 Å². The van der Waals surface area contributed by atoms with E-state index in [-0.39, 0.29) is 0 Å². The van der Waals surface area contributed by atoms with E-state index in [0.29, 0.717) is 24.3 Å². The normalized spacial score (nSPS) is 14.5. The summed E-state index contributed by atoms with van der Waals surface area (Å²) >= 11 is 0. The fourth-order valence-electron chi connectivity index (χ4n) is 7.55. The van der Waals surface area contributed by atoms with Crippen LogP contribution in [0.3, 0.4) is 0 Å². The summed E-state index contributed by atoms with van der Waals surface area (Å²) in [7, 11) is 0. The largest absolute Gasteiger partial charge is 0.465 e. The third kappa shape index (κ3) is 5.36. The van der Waals surface area contributed by atoms with Gasteiger partial charge in [-0.1, -0.05) is 136 Å². The van der Waals surface area contributed by atoms with Crippen molar-refractivity contribution in [3.63, 3.8) is 0 Å². The maximum atomic E-state index is 10.8. The van der Waals surface area contributed by atoms with Gasteiger partial charge in [0.2, 0.25) is 0 Å². The van der Waals surface area contributed by atoms with Gasteiger partial charge in [0.15, 0.2) is 12.6 Å². The summed E-state index contributed by atoms with van der Waals surface area (Å²) < 4.78 is 12.4. The van der Waals surface area contributed by atoms with E-state index in [1.807, 2.05) is 24.3 Å². The highest BCUT2D eigenvalue weighted by Gasteiger charge is 2.47. The highest BCUT2D eigenvalue weighted by Crippen LogP contribution is 2.58. The Balaban J connectivity index is 1.52. The van der Waals surface area contributed by atoms with Crippen LogP contribution >= 0.6 is 0 Å². The zero-order valence-electron chi connectivity index (χ0n) is 27.2. The van der Waals surface area contributed by atoms with Crippen molar-refractivity contribution in [1.29, 1.82) is 0 Å². The maximum Gasteiger partial charge on any atom is 0.197 e. The van der Waals surface area contributed by atoms with Crippen molar-refractivity contribution in [1.82, 2.24) is 0 Å². The lowest BCUT2D eigenvalue weighted by molar-refractivity contribution is -0.0237. The third-order valence-electron chi connectivity index (χ3n) is 9.66. The van der Waals surface area contributed by atoms with Crippen LogP contribution in [-0.4, -0.2) is 22.8 Å². The van der Waals surface area contributed by atoms with E-state index in [1.54, 1.807) is 0 Å². The molecule has 2 N–H and O–H groups in total. The van der Waals surface area contributed by atoms with Crippen LogP contribution in [0.2, 0.25) is 0 Å². The van der Waals surface area contributed by atoms with Gasteiger partial charge in [-0.05, 0) is 69.1 Å². The maximum absolute atomic E-state index is 10.8. The number of rotatable bonds is 12. The molecule has 7 rings (SSSR count). The van der Waals surface area contributed by atoms with E-state index in [9.17, 15) is 10.2 Å². The average Bonchev–Trinajstić information content (AvgIpc) is 3.40. The van der Waals surface area contributed by atoms with Gasteiger partial charge in [-0.25, -0.2) is 0 Å². The van der Waals surface area contributed by atoms with Crippen molar-refractivity contribution >= 4 is 21.5 Å². The van der Waals surface area contributed by atoms with Crippen LogP contribution < -0.4 is 9.47 Å². The summed E-state index contributed by atoms with van der Waals surface area (Å²) in [5, 5.41) is 25.6. The molecule has 0 amide bonds. The Hall–Kier alpha value is -4.64. The van der Waals surface area contributed by atoms with Crippen molar-refractivity contribution in [3.8, 4) is 22.6 Å². The molecule has 2 atom stereocenters. The number of fused-ring (bicyclic) bond motifs is 5. The molecule has 0 saturated carbocycles. The predicted molar refractivity (Wildman–Crippen MR) is 191 cm³/mol. The first-order valence-corrected chi connectivity index (χ1v) is 17.0. The molecular weight excluding hydrogens is 580 g/mol. The number of unbranched alkanes of at least 4 members (excludes halogenated alkanes) is 2. The van der Waals surface area contributed by atoms with Crippen molar-refractivity contribution in [2.24, 2.45) is 0 Å². The molecule has 0 aromatic heterocycles. The smallest absolute Gasteiger partial charge is 0.197 e. The number of benzene rings is 6. The first-order chi connectivity index (χ1) is 23.1. The molecule has 2 unspecified atom stereocenters. The summed E-state index contributed by atoms with van der Waals surface area (Å²) in [5.74, 6) is 1.36. The lowest BCUT2D eigenvalue weighted by Gasteiger charge is -2.36. The predicted octanol–water partition coefficient (Wildman–Crippen LogP) is 10.1. The molecule has 1 aliphatic carbocycles. The van der Waals surface area contributed by atoms with Gasteiger partial charge in [-0.2, -0.15) is 0 Å². The average molecular weight is 623 g/mol. The standard InChI is InChI=1S/C43H42O4/c1-3-5-27-41(44)46-39-25-13-17-31-33(39)19-11-23-37(31)43(35-21-9-7-15-29(35)30-16-8-10-22-36(30)43)38-24-12-20-34-32(38)18-14-26-40(34)47-42(45)28-6-4-2/h7-26,41-42,44-45H,3-6,27-28H2,1-2H3. The molecule has 4 nitrogen and oxygen atoms in total. The number of hydrogen-bond acceptors (Lipinski definition) is 4. The van der Waals surface area contributed by atoms with E-state index in [2.05, 4.69) is 111 Å². The molecule has 0 radical (unpaired) electrons. The summed E-state index contributed by atoms with van der Waals surface area (Å²) in [6.07, 6.45) is 3.24. The van der Waals surface area contributed by atoms with Crippen LogP contribution in [0.15, 0.2) is 121 Å². The molecule has 0 spiro atoms. The molecule has 47 heavy (non-hydrogen) atoms. The summed E-state index contributed by atoms with van der Waals surface area (Å²) in [6.45, 7) is 4.23. The number of ether oxygens (including phenoxy) is 2. The Labute approximate surface area is 277 Å². The molecule has 0 fully saturated rings. The molecule has 1 aliphatic rings. The molecule has 6 aromatic carbocycles. The molecule has 0 bridgehead atoms. The second kappa shape index (κ2) is 13.2. The lowest BCUT2D eigenvalue weighted by atomic mass is 9.65. The summed E-state index contributed by atoms with van der Waals surface area (Å²) in [6, 6.07) is 42.7. The molecule has 4 heteroatoms. The highest BCUT2D eigenvalue weighted by atomic mass is 16.6. The van der Waals surface area contributed by atoms with Gasteiger partial charge in [0, 0.05) is 23.6 Å². The molecule has 0 saturated heterocycles. The molecule has 238 valence electrons. The minimum absolute atomic E-state index is 0.588. The van der Waals surface area contributed by atoms with Crippen molar-refractivity contribution < 1.29 is 19.7 Å². The number of aliphatic hydroxyl groups excluding tert-OH is 2. The van der Waals surface area contributed by atoms with Gasteiger partial charge in [-0.3, -0.25) is 0 Å². The van der Waals surface area contributed by atoms with Gasteiger partial charge in [0.25, 0.3) is 0 Å². The Morgan fingerprint density at radius 3 is 1.30 bits per heavy atom. The third-order valence-corrected chi connectivity index (χ3v) is 9.66. The zero-order chi connectivity index (χ0) is 32.4. The summed E-state index contributed by atoms with van der Waals surface area (Å²) in [4.78, 5) is 0. The van der Waals surface area contributed by atoms with E-state index in [1.165, 1.54) is 22.3 Å². The highest BCUT2D eigenvalue weighted by molar-refractivity contribution is 6.00. The van der Waals surface area contributed by atoms with Crippen LogP contribution in [0, 0.1) is 0 Å². The van der Waals surface area contributed by atoms with Gasteiger partial charge in [0.05, 0.1) is 5.41 Å². The van der Waals surface area contributed by atoms with Gasteiger partial charge in [-0.15, -0.1) is 0 Å². The Morgan fingerprint density at radius 1 is 0.468 bits per heavy atom. The van der Waals surface area contributed by atoms with E-state index >= 15 is 0 Å². The van der Waals surface area contributed by atoms with E-state index in [4.69, 9.17) is 9.47 Å². The Bertz CT molecular complexity index is 1880. The number of aliphatic hydroxyl groups is 2. The quantitative estimate of drug-likeness (QED) is 0.133. The van der Waals surface area contributed by atoms with E-state index < -0.39 is 18.0 Å². The van der Waals surface area contributed by atoms with Crippen molar-refractivity contribution in [3.05, 3.63) is 144 Å². The molecular formula is C43H42O4. The first kappa shape index (κ1) is 31.0. The molecule has 0 heterocycles. The zero-order valence-corrected chi connectivity index (χ0v) is 27.2. The fraction of sp³-hybridized carbons (Fsp3) is 0.256. The van der Waals surface area contributed by atoms with Crippen LogP contribution in [0.25, 0.3) is 32.7 Å². The SMILES string of the molecule is CCCCC(O)Oc1cccc2c(C3(c4cccc5c(OC(O)CCCC)cccc45)c4ccccc4-c4ccccc43)cccc12. The summed E-state index contributed by atoms with van der Waals surface area (Å²) in [5.41, 5.74) is 6.45. The van der Waals surface area contributed by atoms with Gasteiger partial charge in [0.1, 0.15) is 11.5 Å². The van der Waals surface area contributed by atoms with Crippen LogP contribution in [0.4, 0.5) is 0 Å². The van der Waals surface area contributed by atoms with E-state index in [0.717, 1.165) is 58.4 Å². The fourth-order valence-corrected chi connectivity index (χ4v) is 7.55. The van der Waals surface area contributed by atoms with Crippen LogP contribution in [-0.2, 0) is 5.41 Å². The molecule has 0 aliphatic heterocycles. The lowest BCUT2D eigenvalue weighted by Crippen LogP contribution is -2.29. The Morgan fingerprint density at radius 2 is 0.851 bits per heavy atom. The minimum atomic E-state index is -0.865. The number of hydrogen-bond donors (Lipinski definition) is 2. The van der Waals surface area contributed by atoms with Crippen molar-refractivity contribution in [2.75, 3.05) is 0 Å². The van der Waals surface area contributed by atoms with Crippen LogP contribution in [0.5, 0.6) is 11.5 Å². The van der Waals surface area contributed by atoms with Gasteiger partial charge < -0.3 is 19.7 Å². The molecule has 6 aromatic rings.